The van der Waals surface area contributed by atoms with Crippen LogP contribution < -0.4 is 5.32 Å². The van der Waals surface area contributed by atoms with Crippen molar-refractivity contribution in [2.75, 3.05) is 5.88 Å². The maximum absolute atomic E-state index is 11.3. The molecule has 0 aliphatic heterocycles. The third kappa shape index (κ3) is 5.42. The van der Waals surface area contributed by atoms with Gasteiger partial charge in [0.15, 0.2) is 0 Å². The molecule has 0 aliphatic carbocycles. The summed E-state index contributed by atoms with van der Waals surface area (Å²) in [6.07, 6.45) is 0.570. The van der Waals surface area contributed by atoms with Crippen LogP contribution in [0.15, 0.2) is 0 Å². The number of alkyl halides is 1. The first-order valence-electron chi connectivity index (χ1n) is 4.24. The maximum atomic E-state index is 11.3. The average molecular weight is 192 g/mol. The van der Waals surface area contributed by atoms with Gasteiger partial charge in [-0.05, 0) is 19.8 Å². The summed E-state index contributed by atoms with van der Waals surface area (Å²) in [7, 11) is 0. The molecule has 3 heteroatoms. The van der Waals surface area contributed by atoms with Crippen LogP contribution in [-0.2, 0) is 4.79 Å². The smallest absolute Gasteiger partial charge is 0.220 e. The standard InChI is InChI=1S/C9H18ClNO/c1-7(2)5-8(12)11-9(3,4)6-10/h7H,5-6H2,1-4H3,(H,11,12). The number of amides is 1. The molecule has 1 N–H and O–H groups in total. The lowest BCUT2D eigenvalue weighted by Crippen LogP contribution is -2.45. The SMILES string of the molecule is CC(C)CC(=O)NC(C)(C)CCl. The molecule has 0 saturated heterocycles. The number of nitrogens with one attached hydrogen (secondary N) is 1. The van der Waals surface area contributed by atoms with Crippen LogP contribution in [0.1, 0.15) is 34.1 Å². The van der Waals surface area contributed by atoms with Crippen LogP contribution in [0.4, 0.5) is 0 Å². The number of carbonyl (C=O) groups is 1. The van der Waals surface area contributed by atoms with Crippen molar-refractivity contribution in [1.29, 1.82) is 0 Å². The summed E-state index contributed by atoms with van der Waals surface area (Å²) in [4.78, 5) is 11.3. The van der Waals surface area contributed by atoms with E-state index in [4.69, 9.17) is 11.6 Å². The Morgan fingerprint density at radius 2 is 2.00 bits per heavy atom. The summed E-state index contributed by atoms with van der Waals surface area (Å²) in [5, 5.41) is 2.87. The highest BCUT2D eigenvalue weighted by molar-refractivity contribution is 6.18. The van der Waals surface area contributed by atoms with Crippen LogP contribution in [0.5, 0.6) is 0 Å². The Hall–Kier alpha value is -0.240. The molecule has 12 heavy (non-hydrogen) atoms. The van der Waals surface area contributed by atoms with Crippen LogP contribution in [0, 0.1) is 5.92 Å². The summed E-state index contributed by atoms with van der Waals surface area (Å²) in [5.41, 5.74) is -0.284. The first-order valence-corrected chi connectivity index (χ1v) is 4.78. The van der Waals surface area contributed by atoms with Crippen molar-refractivity contribution in [3.8, 4) is 0 Å². The Morgan fingerprint density at radius 1 is 1.50 bits per heavy atom. The van der Waals surface area contributed by atoms with Gasteiger partial charge in [0, 0.05) is 17.8 Å². The molecule has 0 radical (unpaired) electrons. The number of carbonyl (C=O) groups excluding carboxylic acids is 1. The molecule has 0 heterocycles. The second-order valence-electron chi connectivity index (χ2n) is 4.16. The molecule has 0 fully saturated rings. The van der Waals surface area contributed by atoms with E-state index in [1.54, 1.807) is 0 Å². The fraction of sp³-hybridized carbons (Fsp3) is 0.889. The zero-order valence-corrected chi connectivity index (χ0v) is 9.03. The molecule has 0 aliphatic rings. The van der Waals surface area contributed by atoms with Gasteiger partial charge in [-0.3, -0.25) is 4.79 Å². The van der Waals surface area contributed by atoms with Gasteiger partial charge in [-0.25, -0.2) is 0 Å². The molecule has 0 atom stereocenters. The molecule has 0 bridgehead atoms. The van der Waals surface area contributed by atoms with Crippen molar-refractivity contribution < 1.29 is 4.79 Å². The lowest BCUT2D eigenvalue weighted by atomic mass is 10.1. The van der Waals surface area contributed by atoms with Gasteiger partial charge in [0.2, 0.25) is 5.91 Å². The molecule has 0 aromatic carbocycles. The fourth-order valence-corrected chi connectivity index (χ4v) is 0.899. The van der Waals surface area contributed by atoms with Crippen molar-refractivity contribution in [3.63, 3.8) is 0 Å². The van der Waals surface area contributed by atoms with Crippen LogP contribution in [0.25, 0.3) is 0 Å². The van der Waals surface area contributed by atoms with E-state index in [9.17, 15) is 4.79 Å². The molecular weight excluding hydrogens is 174 g/mol. The van der Waals surface area contributed by atoms with Crippen LogP contribution in [-0.4, -0.2) is 17.3 Å². The van der Waals surface area contributed by atoms with Crippen molar-refractivity contribution in [1.82, 2.24) is 5.32 Å². The van der Waals surface area contributed by atoms with E-state index >= 15 is 0 Å². The second-order valence-corrected chi connectivity index (χ2v) is 4.43. The summed E-state index contributed by atoms with van der Waals surface area (Å²) in [5.74, 6) is 0.920. The van der Waals surface area contributed by atoms with Gasteiger partial charge < -0.3 is 5.32 Å². The molecule has 0 rings (SSSR count). The molecular formula is C9H18ClNO. The van der Waals surface area contributed by atoms with Gasteiger partial charge in [-0.1, -0.05) is 13.8 Å². The minimum atomic E-state index is -0.284. The van der Waals surface area contributed by atoms with Crippen molar-refractivity contribution in [3.05, 3.63) is 0 Å². The first-order chi connectivity index (χ1) is 5.37. The highest BCUT2D eigenvalue weighted by Gasteiger charge is 2.18. The zero-order valence-electron chi connectivity index (χ0n) is 8.28. The Balaban J connectivity index is 3.84. The van der Waals surface area contributed by atoms with E-state index in [1.807, 2.05) is 27.7 Å². The zero-order chi connectivity index (χ0) is 9.78. The van der Waals surface area contributed by atoms with Crippen LogP contribution in [0.2, 0.25) is 0 Å². The second kappa shape index (κ2) is 4.70. The van der Waals surface area contributed by atoms with E-state index in [-0.39, 0.29) is 11.4 Å². The molecule has 0 saturated carbocycles. The van der Waals surface area contributed by atoms with Crippen molar-refractivity contribution in [2.45, 2.75) is 39.7 Å². The third-order valence-electron chi connectivity index (χ3n) is 1.41. The number of halogens is 1. The van der Waals surface area contributed by atoms with Crippen molar-refractivity contribution in [2.24, 2.45) is 5.92 Å². The van der Waals surface area contributed by atoms with E-state index in [0.29, 0.717) is 18.2 Å². The largest absolute Gasteiger partial charge is 0.350 e. The van der Waals surface area contributed by atoms with E-state index < -0.39 is 0 Å². The molecule has 0 aromatic heterocycles. The Morgan fingerprint density at radius 3 is 2.33 bits per heavy atom. The van der Waals surface area contributed by atoms with E-state index in [2.05, 4.69) is 5.32 Å². The van der Waals surface area contributed by atoms with Gasteiger partial charge >= 0.3 is 0 Å². The maximum Gasteiger partial charge on any atom is 0.220 e. The first kappa shape index (κ1) is 11.8. The monoisotopic (exact) mass is 191 g/mol. The third-order valence-corrected chi connectivity index (χ3v) is 2.07. The van der Waals surface area contributed by atoms with E-state index in [0.717, 1.165) is 0 Å². The van der Waals surface area contributed by atoms with Gasteiger partial charge in [-0.2, -0.15) is 0 Å². The topological polar surface area (TPSA) is 29.1 Å². The van der Waals surface area contributed by atoms with Crippen LogP contribution >= 0.6 is 11.6 Å². The molecule has 1 amide bonds. The average Bonchev–Trinajstić information content (AvgIpc) is 1.84. The van der Waals surface area contributed by atoms with Crippen molar-refractivity contribution >= 4 is 17.5 Å². The number of hydrogen-bond acceptors (Lipinski definition) is 1. The predicted molar refractivity (Wildman–Crippen MR) is 52.4 cm³/mol. The highest BCUT2D eigenvalue weighted by atomic mass is 35.5. The summed E-state index contributed by atoms with van der Waals surface area (Å²) >= 11 is 5.66. The quantitative estimate of drug-likeness (QED) is 0.679. The molecule has 72 valence electrons. The molecule has 0 unspecified atom stereocenters. The Kier molecular flexibility index (Phi) is 4.61. The predicted octanol–water partition coefficient (Wildman–Crippen LogP) is 2.17. The lowest BCUT2D eigenvalue weighted by Gasteiger charge is -2.23. The summed E-state index contributed by atoms with van der Waals surface area (Å²) in [6, 6.07) is 0. The fourth-order valence-electron chi connectivity index (χ4n) is 0.833. The van der Waals surface area contributed by atoms with E-state index in [1.165, 1.54) is 0 Å². The molecule has 0 spiro atoms. The Labute approximate surface area is 79.7 Å². The summed E-state index contributed by atoms with van der Waals surface area (Å²) in [6.45, 7) is 7.87. The van der Waals surface area contributed by atoms with Gasteiger partial charge in [0.25, 0.3) is 0 Å². The number of rotatable bonds is 4. The minimum Gasteiger partial charge on any atom is -0.350 e. The van der Waals surface area contributed by atoms with Gasteiger partial charge in [0.1, 0.15) is 0 Å². The number of hydrogen-bond donors (Lipinski definition) is 1. The summed E-state index contributed by atoms with van der Waals surface area (Å²) < 4.78 is 0. The Bertz CT molecular complexity index is 155. The van der Waals surface area contributed by atoms with Crippen LogP contribution in [0.3, 0.4) is 0 Å². The highest BCUT2D eigenvalue weighted by Crippen LogP contribution is 2.06. The van der Waals surface area contributed by atoms with Gasteiger partial charge in [0.05, 0.1) is 0 Å². The lowest BCUT2D eigenvalue weighted by molar-refractivity contribution is -0.123. The molecule has 0 aromatic rings. The molecule has 2 nitrogen and oxygen atoms in total. The van der Waals surface area contributed by atoms with Gasteiger partial charge in [-0.15, -0.1) is 11.6 Å². The minimum absolute atomic E-state index is 0.0793. The normalized spacial score (nSPS) is 11.8.